The predicted molar refractivity (Wildman–Crippen MR) is 93.3 cm³/mol. The Morgan fingerprint density at radius 1 is 1.24 bits per heavy atom. The molecule has 25 heavy (non-hydrogen) atoms. The molecule has 130 valence electrons. The fourth-order valence-electron chi connectivity index (χ4n) is 3.15. The molecule has 2 aliphatic heterocycles. The van der Waals surface area contributed by atoms with Crippen LogP contribution in [0.4, 0.5) is 5.69 Å². The first-order valence-electron chi connectivity index (χ1n) is 8.27. The van der Waals surface area contributed by atoms with Crippen molar-refractivity contribution in [1.82, 2.24) is 15.5 Å². The number of nitrogens with zero attached hydrogens (tertiary/aromatic N) is 3. The Bertz CT molecular complexity index is 779. The zero-order valence-electron chi connectivity index (χ0n) is 13.6. The third-order valence-corrected chi connectivity index (χ3v) is 5.49. The lowest BCUT2D eigenvalue weighted by atomic mass is 9.96. The highest BCUT2D eigenvalue weighted by atomic mass is 32.2. The number of anilines is 1. The van der Waals surface area contributed by atoms with Crippen LogP contribution in [0.1, 0.15) is 36.5 Å². The minimum Gasteiger partial charge on any atom is -0.343 e. The maximum absolute atomic E-state index is 12.3. The maximum atomic E-state index is 12.3. The number of benzene rings is 1. The van der Waals surface area contributed by atoms with Gasteiger partial charge in [0.15, 0.2) is 5.82 Å². The van der Waals surface area contributed by atoms with Gasteiger partial charge in [0.2, 0.25) is 17.7 Å². The Morgan fingerprint density at radius 2 is 2.08 bits per heavy atom. The predicted octanol–water partition coefficient (Wildman–Crippen LogP) is 1.88. The van der Waals surface area contributed by atoms with E-state index in [1.807, 2.05) is 30.3 Å². The van der Waals surface area contributed by atoms with Crippen LogP contribution in [0.3, 0.4) is 0 Å². The zero-order chi connectivity index (χ0) is 17.2. The number of rotatable bonds is 3. The molecule has 1 N–H and O–H groups in total. The van der Waals surface area contributed by atoms with Crippen LogP contribution in [0, 0.1) is 0 Å². The Hall–Kier alpha value is -2.35. The molecule has 2 saturated heterocycles. The summed E-state index contributed by atoms with van der Waals surface area (Å²) in [5.41, 5.74) is 0.886. The fourth-order valence-corrected chi connectivity index (χ4v) is 4.00. The first kappa shape index (κ1) is 16.1. The normalized spacial score (nSPS) is 24.2. The van der Waals surface area contributed by atoms with E-state index in [4.69, 9.17) is 4.52 Å². The van der Waals surface area contributed by atoms with Gasteiger partial charge in [-0.3, -0.25) is 9.59 Å². The number of carbonyl (C=O) groups excluding carboxylic acids is 2. The number of hydrogen-bond acceptors (Lipinski definition) is 6. The third-order valence-electron chi connectivity index (χ3n) is 4.45. The van der Waals surface area contributed by atoms with Crippen LogP contribution in [0.5, 0.6) is 0 Å². The summed E-state index contributed by atoms with van der Waals surface area (Å²) in [4.78, 5) is 30.1. The molecular weight excluding hydrogens is 340 g/mol. The van der Waals surface area contributed by atoms with E-state index in [9.17, 15) is 9.59 Å². The summed E-state index contributed by atoms with van der Waals surface area (Å²) < 4.78 is 5.38. The summed E-state index contributed by atoms with van der Waals surface area (Å²) >= 11 is 1.56. The summed E-state index contributed by atoms with van der Waals surface area (Å²) in [6.07, 6.45) is 1.16. The van der Waals surface area contributed by atoms with Crippen LogP contribution in [0.2, 0.25) is 0 Å². The molecule has 1 aromatic heterocycles. The second kappa shape index (κ2) is 6.87. The number of carbonyl (C=O) groups is 2. The largest absolute Gasteiger partial charge is 0.343 e. The van der Waals surface area contributed by atoms with E-state index in [1.54, 1.807) is 16.7 Å². The zero-order valence-corrected chi connectivity index (χ0v) is 14.4. The van der Waals surface area contributed by atoms with E-state index in [2.05, 4.69) is 15.5 Å². The summed E-state index contributed by atoms with van der Waals surface area (Å²) in [6.45, 7) is 0.535. The molecule has 2 amide bonds. The first-order valence-corrected chi connectivity index (χ1v) is 9.42. The average molecular weight is 358 g/mol. The molecular formula is C17H18N4O3S. The van der Waals surface area contributed by atoms with Crippen molar-refractivity contribution in [3.05, 3.63) is 42.0 Å². The van der Waals surface area contributed by atoms with Crippen molar-refractivity contribution in [1.29, 1.82) is 0 Å². The standard InChI is InChI=1S/C17H18N4O3S/c22-14-10-25-9-13(18-14)17-19-16(20-24-17)11-6-7-15(23)21(8-11)12-4-2-1-3-5-12/h1-5,11,13H,6-10H2,(H,18,22)/t11?,13-/m0/s1. The number of para-hydroxylation sites is 1. The highest BCUT2D eigenvalue weighted by Gasteiger charge is 2.32. The van der Waals surface area contributed by atoms with Gasteiger partial charge in [-0.2, -0.15) is 4.98 Å². The summed E-state index contributed by atoms with van der Waals surface area (Å²) in [7, 11) is 0. The van der Waals surface area contributed by atoms with E-state index in [0.29, 0.717) is 36.9 Å². The molecule has 2 aromatic rings. The van der Waals surface area contributed by atoms with Gasteiger partial charge in [0.25, 0.3) is 0 Å². The lowest BCUT2D eigenvalue weighted by Crippen LogP contribution is -2.39. The monoisotopic (exact) mass is 358 g/mol. The molecule has 4 rings (SSSR count). The van der Waals surface area contributed by atoms with Crippen LogP contribution >= 0.6 is 11.8 Å². The van der Waals surface area contributed by atoms with Crippen LogP contribution < -0.4 is 10.2 Å². The quantitative estimate of drug-likeness (QED) is 0.901. The SMILES string of the molecule is O=C1CSC[C@@H](c2nc(C3CCC(=O)N(c4ccccc4)C3)no2)N1. The topological polar surface area (TPSA) is 88.3 Å². The van der Waals surface area contributed by atoms with Crippen molar-refractivity contribution in [2.75, 3.05) is 23.0 Å². The number of nitrogens with one attached hydrogen (secondary N) is 1. The van der Waals surface area contributed by atoms with E-state index in [1.165, 1.54) is 0 Å². The Kier molecular flexibility index (Phi) is 4.44. The molecule has 2 atom stereocenters. The molecule has 0 spiro atoms. The fraction of sp³-hybridized carbons (Fsp3) is 0.412. The second-order valence-corrected chi connectivity index (χ2v) is 7.23. The molecule has 0 aliphatic carbocycles. The minimum atomic E-state index is -0.233. The van der Waals surface area contributed by atoms with Crippen molar-refractivity contribution in [3.8, 4) is 0 Å². The number of amides is 2. The van der Waals surface area contributed by atoms with Gasteiger partial charge in [-0.1, -0.05) is 23.4 Å². The van der Waals surface area contributed by atoms with Gasteiger partial charge in [-0.25, -0.2) is 0 Å². The molecule has 0 bridgehead atoms. The summed E-state index contributed by atoms with van der Waals surface area (Å²) in [5.74, 6) is 2.37. The van der Waals surface area contributed by atoms with E-state index >= 15 is 0 Å². The molecule has 7 nitrogen and oxygen atoms in total. The van der Waals surface area contributed by atoms with E-state index in [0.717, 1.165) is 11.4 Å². The third kappa shape index (κ3) is 3.39. The molecule has 3 heterocycles. The van der Waals surface area contributed by atoms with E-state index < -0.39 is 0 Å². The number of hydrogen-bond donors (Lipinski definition) is 1. The van der Waals surface area contributed by atoms with Gasteiger partial charge < -0.3 is 14.7 Å². The smallest absolute Gasteiger partial charge is 0.250 e. The molecule has 1 unspecified atom stereocenters. The highest BCUT2D eigenvalue weighted by Crippen LogP contribution is 2.30. The molecule has 0 radical (unpaired) electrons. The maximum Gasteiger partial charge on any atom is 0.250 e. The van der Waals surface area contributed by atoms with Crippen molar-refractivity contribution >= 4 is 29.3 Å². The molecule has 8 heteroatoms. The average Bonchev–Trinajstić information content (AvgIpc) is 3.13. The lowest BCUT2D eigenvalue weighted by Gasteiger charge is -2.31. The Labute approximate surface area is 149 Å². The number of aromatic nitrogens is 2. The van der Waals surface area contributed by atoms with Crippen LogP contribution in [0.25, 0.3) is 0 Å². The van der Waals surface area contributed by atoms with Gasteiger partial charge in [0, 0.05) is 30.3 Å². The lowest BCUT2D eigenvalue weighted by molar-refractivity contribution is -0.120. The van der Waals surface area contributed by atoms with Gasteiger partial charge in [-0.05, 0) is 18.6 Å². The van der Waals surface area contributed by atoms with Crippen LogP contribution in [-0.2, 0) is 9.59 Å². The Morgan fingerprint density at radius 3 is 2.88 bits per heavy atom. The van der Waals surface area contributed by atoms with Crippen LogP contribution in [0.15, 0.2) is 34.9 Å². The first-order chi connectivity index (χ1) is 12.2. The van der Waals surface area contributed by atoms with Crippen LogP contribution in [-0.4, -0.2) is 40.0 Å². The van der Waals surface area contributed by atoms with Crippen molar-refractivity contribution in [2.24, 2.45) is 0 Å². The molecule has 2 fully saturated rings. The van der Waals surface area contributed by atoms with E-state index in [-0.39, 0.29) is 23.8 Å². The number of piperidine rings is 1. The minimum absolute atomic E-state index is 0.0143. The van der Waals surface area contributed by atoms with Crippen molar-refractivity contribution in [2.45, 2.75) is 24.8 Å². The second-order valence-electron chi connectivity index (χ2n) is 6.20. The molecule has 1 aromatic carbocycles. The van der Waals surface area contributed by atoms with Crippen molar-refractivity contribution in [3.63, 3.8) is 0 Å². The van der Waals surface area contributed by atoms with Gasteiger partial charge >= 0.3 is 0 Å². The highest BCUT2D eigenvalue weighted by molar-refractivity contribution is 8.00. The molecule has 2 aliphatic rings. The van der Waals surface area contributed by atoms with Gasteiger partial charge in [0.1, 0.15) is 6.04 Å². The molecule has 0 saturated carbocycles. The van der Waals surface area contributed by atoms with Gasteiger partial charge in [-0.15, -0.1) is 11.8 Å². The summed E-state index contributed by atoms with van der Waals surface area (Å²) in [6, 6.07) is 9.39. The summed E-state index contributed by atoms with van der Waals surface area (Å²) in [5, 5.41) is 6.98. The van der Waals surface area contributed by atoms with Gasteiger partial charge in [0.05, 0.1) is 5.75 Å². The Balaban J connectivity index is 1.50. The van der Waals surface area contributed by atoms with Crippen molar-refractivity contribution < 1.29 is 14.1 Å². The number of thioether (sulfide) groups is 1.